The fourth-order valence-electron chi connectivity index (χ4n) is 3.05. The standard InChI is InChI=1S/C25H25N7O2/c1-3-34-22-16-18(14-15-21(22)33-2)17-26-32-25-30-23(27-19-10-6-4-7-11-19)29-24(31-25)28-20-12-8-5-9-13-20/h4-17H,3H2,1-2H3,(H3,27,28,29,30,31,32)/b26-17-. The summed E-state index contributed by atoms with van der Waals surface area (Å²) in [6.07, 6.45) is 1.65. The van der Waals surface area contributed by atoms with Gasteiger partial charge >= 0.3 is 0 Å². The molecule has 0 aliphatic heterocycles. The van der Waals surface area contributed by atoms with Gasteiger partial charge in [0.15, 0.2) is 11.5 Å². The van der Waals surface area contributed by atoms with Gasteiger partial charge in [-0.05, 0) is 55.0 Å². The van der Waals surface area contributed by atoms with Gasteiger partial charge in [-0.15, -0.1) is 0 Å². The number of nitrogens with zero attached hydrogens (tertiary/aromatic N) is 4. The summed E-state index contributed by atoms with van der Waals surface area (Å²) < 4.78 is 10.9. The summed E-state index contributed by atoms with van der Waals surface area (Å²) >= 11 is 0. The molecular formula is C25H25N7O2. The van der Waals surface area contributed by atoms with Gasteiger partial charge in [0.1, 0.15) is 0 Å². The number of anilines is 5. The second-order valence-electron chi connectivity index (χ2n) is 7.00. The molecule has 0 aliphatic carbocycles. The predicted molar refractivity (Wildman–Crippen MR) is 135 cm³/mol. The molecule has 4 aromatic rings. The van der Waals surface area contributed by atoms with Crippen LogP contribution < -0.4 is 25.5 Å². The van der Waals surface area contributed by atoms with Gasteiger partial charge in [-0.25, -0.2) is 5.43 Å². The van der Waals surface area contributed by atoms with Gasteiger partial charge < -0.3 is 20.1 Å². The summed E-state index contributed by atoms with van der Waals surface area (Å²) in [6.45, 7) is 2.46. The molecule has 0 aliphatic rings. The lowest BCUT2D eigenvalue weighted by atomic mass is 10.2. The summed E-state index contributed by atoms with van der Waals surface area (Å²) in [7, 11) is 1.61. The molecule has 172 valence electrons. The van der Waals surface area contributed by atoms with E-state index in [-0.39, 0.29) is 5.95 Å². The summed E-state index contributed by atoms with van der Waals surface area (Å²) in [5.41, 5.74) is 5.42. The van der Waals surface area contributed by atoms with Gasteiger partial charge in [-0.3, -0.25) is 0 Å². The van der Waals surface area contributed by atoms with E-state index in [4.69, 9.17) is 9.47 Å². The molecule has 9 nitrogen and oxygen atoms in total. The second-order valence-corrected chi connectivity index (χ2v) is 7.00. The minimum Gasteiger partial charge on any atom is -0.493 e. The van der Waals surface area contributed by atoms with Crippen LogP contribution in [0.15, 0.2) is 84.0 Å². The number of hydrazone groups is 1. The van der Waals surface area contributed by atoms with Crippen molar-refractivity contribution in [2.45, 2.75) is 6.92 Å². The van der Waals surface area contributed by atoms with Crippen molar-refractivity contribution in [1.29, 1.82) is 0 Å². The molecule has 1 heterocycles. The average molecular weight is 456 g/mol. The highest BCUT2D eigenvalue weighted by Gasteiger charge is 2.08. The quantitative estimate of drug-likeness (QED) is 0.221. The van der Waals surface area contributed by atoms with Crippen molar-refractivity contribution in [2.24, 2.45) is 5.10 Å². The normalized spacial score (nSPS) is 10.6. The van der Waals surface area contributed by atoms with Crippen molar-refractivity contribution in [2.75, 3.05) is 29.8 Å². The van der Waals surface area contributed by atoms with Crippen LogP contribution in [0, 0.1) is 0 Å². The first-order valence-electron chi connectivity index (χ1n) is 10.7. The summed E-state index contributed by atoms with van der Waals surface area (Å²) in [6, 6.07) is 24.9. The Morgan fingerprint density at radius 2 is 1.35 bits per heavy atom. The average Bonchev–Trinajstić information content (AvgIpc) is 2.86. The fourth-order valence-corrected chi connectivity index (χ4v) is 3.05. The van der Waals surface area contributed by atoms with Crippen LogP contribution in [0.1, 0.15) is 12.5 Å². The lowest BCUT2D eigenvalue weighted by Crippen LogP contribution is -2.07. The van der Waals surface area contributed by atoms with Crippen molar-refractivity contribution in [3.63, 3.8) is 0 Å². The highest BCUT2D eigenvalue weighted by molar-refractivity contribution is 5.81. The third kappa shape index (κ3) is 6.19. The number of hydrogen-bond donors (Lipinski definition) is 3. The van der Waals surface area contributed by atoms with Gasteiger partial charge in [-0.2, -0.15) is 20.1 Å². The van der Waals surface area contributed by atoms with Gasteiger partial charge in [0.05, 0.1) is 19.9 Å². The zero-order valence-electron chi connectivity index (χ0n) is 18.9. The molecule has 0 saturated heterocycles. The van der Waals surface area contributed by atoms with Crippen LogP contribution in [-0.2, 0) is 0 Å². The minimum absolute atomic E-state index is 0.279. The molecule has 0 saturated carbocycles. The van der Waals surface area contributed by atoms with Crippen molar-refractivity contribution in [3.05, 3.63) is 84.4 Å². The van der Waals surface area contributed by atoms with Crippen LogP contribution >= 0.6 is 0 Å². The van der Waals surface area contributed by atoms with E-state index in [9.17, 15) is 0 Å². The van der Waals surface area contributed by atoms with E-state index < -0.39 is 0 Å². The molecule has 4 rings (SSSR count). The van der Waals surface area contributed by atoms with E-state index in [1.807, 2.05) is 85.8 Å². The van der Waals surface area contributed by atoms with Gasteiger partial charge in [0.2, 0.25) is 17.8 Å². The van der Waals surface area contributed by atoms with Crippen molar-refractivity contribution >= 4 is 35.4 Å². The Labute approximate surface area is 197 Å². The number of hydrogen-bond acceptors (Lipinski definition) is 9. The Morgan fingerprint density at radius 3 is 1.91 bits per heavy atom. The minimum atomic E-state index is 0.279. The first kappa shape index (κ1) is 22.5. The van der Waals surface area contributed by atoms with E-state index in [0.717, 1.165) is 16.9 Å². The Morgan fingerprint density at radius 1 is 0.765 bits per heavy atom. The van der Waals surface area contributed by atoms with Crippen LogP contribution in [0.4, 0.5) is 29.2 Å². The molecule has 9 heteroatoms. The molecule has 34 heavy (non-hydrogen) atoms. The van der Waals surface area contributed by atoms with Crippen LogP contribution in [-0.4, -0.2) is 34.9 Å². The van der Waals surface area contributed by atoms with Crippen LogP contribution in [0.3, 0.4) is 0 Å². The lowest BCUT2D eigenvalue weighted by molar-refractivity contribution is 0.311. The smallest absolute Gasteiger partial charge is 0.250 e. The van der Waals surface area contributed by atoms with Crippen LogP contribution in [0.25, 0.3) is 0 Å². The number of aromatic nitrogens is 3. The third-order valence-corrected chi connectivity index (χ3v) is 4.56. The van der Waals surface area contributed by atoms with E-state index in [0.29, 0.717) is 30.0 Å². The second kappa shape index (κ2) is 11.3. The maximum absolute atomic E-state index is 5.62. The summed E-state index contributed by atoms with van der Waals surface area (Å²) in [5.74, 6) is 2.35. The molecule has 3 aromatic carbocycles. The monoisotopic (exact) mass is 455 g/mol. The van der Waals surface area contributed by atoms with E-state index in [1.165, 1.54) is 0 Å². The molecule has 0 unspecified atom stereocenters. The zero-order chi connectivity index (χ0) is 23.6. The van der Waals surface area contributed by atoms with E-state index in [1.54, 1.807) is 13.3 Å². The van der Waals surface area contributed by atoms with Crippen molar-refractivity contribution in [1.82, 2.24) is 15.0 Å². The molecule has 0 amide bonds. The molecule has 0 atom stereocenters. The highest BCUT2D eigenvalue weighted by Crippen LogP contribution is 2.27. The molecule has 0 bridgehead atoms. The Kier molecular flexibility index (Phi) is 7.47. The molecule has 3 N–H and O–H groups in total. The fraction of sp³-hybridized carbons (Fsp3) is 0.120. The number of methoxy groups -OCH3 is 1. The topological polar surface area (TPSA) is 106 Å². The number of ether oxygens (including phenoxy) is 2. The number of para-hydroxylation sites is 2. The summed E-state index contributed by atoms with van der Waals surface area (Å²) in [4.78, 5) is 13.3. The maximum Gasteiger partial charge on any atom is 0.250 e. The number of benzene rings is 3. The largest absolute Gasteiger partial charge is 0.493 e. The van der Waals surface area contributed by atoms with Gasteiger partial charge in [0.25, 0.3) is 0 Å². The molecule has 0 radical (unpaired) electrons. The molecule has 1 aromatic heterocycles. The molecule has 0 fully saturated rings. The van der Waals surface area contributed by atoms with Gasteiger partial charge in [-0.1, -0.05) is 36.4 Å². The van der Waals surface area contributed by atoms with Crippen LogP contribution in [0.2, 0.25) is 0 Å². The highest BCUT2D eigenvalue weighted by atomic mass is 16.5. The maximum atomic E-state index is 5.62. The zero-order valence-corrected chi connectivity index (χ0v) is 18.9. The third-order valence-electron chi connectivity index (χ3n) is 4.56. The molecular weight excluding hydrogens is 430 g/mol. The van der Waals surface area contributed by atoms with Gasteiger partial charge in [0, 0.05) is 11.4 Å². The lowest BCUT2D eigenvalue weighted by Gasteiger charge is -2.10. The summed E-state index contributed by atoms with van der Waals surface area (Å²) in [5, 5.41) is 10.7. The van der Waals surface area contributed by atoms with Crippen LogP contribution in [0.5, 0.6) is 11.5 Å². The van der Waals surface area contributed by atoms with E-state index >= 15 is 0 Å². The number of nitrogens with one attached hydrogen (secondary N) is 3. The molecule has 0 spiro atoms. The number of rotatable bonds is 10. The SMILES string of the molecule is CCOc1cc(/C=N\Nc2nc(Nc3ccccc3)nc(Nc3ccccc3)n2)ccc1OC. The first-order valence-corrected chi connectivity index (χ1v) is 10.7. The van der Waals surface area contributed by atoms with Crippen molar-refractivity contribution in [3.8, 4) is 11.5 Å². The predicted octanol–water partition coefficient (Wildman–Crippen LogP) is 5.21. The Balaban J connectivity index is 1.55. The Hall–Kier alpha value is -4.66. The Bertz CT molecular complexity index is 1170. The van der Waals surface area contributed by atoms with E-state index in [2.05, 4.69) is 36.1 Å². The van der Waals surface area contributed by atoms with Crippen molar-refractivity contribution < 1.29 is 9.47 Å². The first-order chi connectivity index (χ1) is 16.7.